The quantitative estimate of drug-likeness (QED) is 0.370. The fraction of sp³-hybridized carbons (Fsp3) is 0.231. The van der Waals surface area contributed by atoms with Gasteiger partial charge in [0.2, 0.25) is 0 Å². The van der Waals surface area contributed by atoms with Crippen molar-refractivity contribution in [2.45, 2.75) is 18.4 Å². The number of carbonyl (C=O) groups is 2. The van der Waals surface area contributed by atoms with Gasteiger partial charge in [-0.2, -0.15) is 5.26 Å². The van der Waals surface area contributed by atoms with E-state index in [0.29, 0.717) is 65.3 Å². The van der Waals surface area contributed by atoms with Crippen LogP contribution in [0.5, 0.6) is 17.2 Å². The second-order valence-corrected chi connectivity index (χ2v) is 8.36. The van der Waals surface area contributed by atoms with Gasteiger partial charge in [-0.15, -0.1) is 0 Å². The summed E-state index contributed by atoms with van der Waals surface area (Å²) < 4.78 is 23.5. The Morgan fingerprint density at radius 3 is 2.69 bits per heavy atom. The molecule has 0 radical (unpaired) electrons. The molecule has 1 saturated carbocycles. The number of methoxy groups -OCH3 is 1. The van der Waals surface area contributed by atoms with Crippen molar-refractivity contribution < 1.29 is 28.5 Å². The Balaban J connectivity index is 1.41. The topological polar surface area (TPSA) is 139 Å². The number of nitrogens with two attached hydrogens (primary N) is 1. The van der Waals surface area contributed by atoms with Gasteiger partial charge in [0.1, 0.15) is 29.9 Å². The van der Waals surface area contributed by atoms with E-state index in [9.17, 15) is 14.9 Å². The van der Waals surface area contributed by atoms with Gasteiger partial charge in [0.25, 0.3) is 5.91 Å². The predicted molar refractivity (Wildman–Crippen MR) is 129 cm³/mol. The summed E-state index contributed by atoms with van der Waals surface area (Å²) in [4.78, 5) is 28.6. The number of fused-ring (bicyclic) bond motifs is 2. The molecule has 2 N–H and O–H groups in total. The smallest absolute Gasteiger partial charge is 0.419 e. The van der Waals surface area contributed by atoms with E-state index >= 15 is 0 Å². The van der Waals surface area contributed by atoms with Gasteiger partial charge >= 0.3 is 6.09 Å². The van der Waals surface area contributed by atoms with Crippen LogP contribution in [0.1, 0.15) is 18.4 Å². The Morgan fingerprint density at radius 1 is 1.14 bits per heavy atom. The molecule has 0 unspecified atom stereocenters. The SMILES string of the molecule is COCCOc1cc2nccc(Oc3ccc4c(ccn4C(=O)OC4(C(N)=O)CC4)c3)c2cc1C#N. The largest absolute Gasteiger partial charge is 0.490 e. The van der Waals surface area contributed by atoms with Crippen molar-refractivity contribution in [1.82, 2.24) is 9.55 Å². The Bertz CT molecular complexity index is 1530. The van der Waals surface area contributed by atoms with E-state index in [1.165, 1.54) is 4.57 Å². The zero-order chi connectivity index (χ0) is 25.3. The van der Waals surface area contributed by atoms with E-state index < -0.39 is 17.6 Å². The minimum absolute atomic E-state index is 0.309. The summed E-state index contributed by atoms with van der Waals surface area (Å²) in [5.74, 6) is 0.817. The van der Waals surface area contributed by atoms with Crippen molar-refractivity contribution in [2.24, 2.45) is 5.73 Å². The summed E-state index contributed by atoms with van der Waals surface area (Å²) in [6.07, 6.45) is 3.38. The number of hydrogen-bond donors (Lipinski definition) is 1. The molecule has 4 aromatic rings. The van der Waals surface area contributed by atoms with Gasteiger partial charge in [0, 0.05) is 49.2 Å². The van der Waals surface area contributed by atoms with Crippen LogP contribution in [0.25, 0.3) is 21.8 Å². The van der Waals surface area contributed by atoms with Gasteiger partial charge in [-0.3, -0.25) is 14.3 Å². The number of carbonyl (C=O) groups excluding carboxylic acids is 2. The maximum absolute atomic E-state index is 12.6. The van der Waals surface area contributed by atoms with Crippen molar-refractivity contribution in [3.05, 3.63) is 60.4 Å². The van der Waals surface area contributed by atoms with Gasteiger partial charge in [-0.1, -0.05) is 0 Å². The van der Waals surface area contributed by atoms with Crippen molar-refractivity contribution in [1.29, 1.82) is 5.26 Å². The molecule has 5 rings (SSSR count). The van der Waals surface area contributed by atoms with Gasteiger partial charge in [-0.05, 0) is 36.4 Å². The van der Waals surface area contributed by atoms with Crippen LogP contribution in [0, 0.1) is 11.3 Å². The zero-order valence-electron chi connectivity index (χ0n) is 19.4. The van der Waals surface area contributed by atoms with Crippen molar-refractivity contribution in [2.75, 3.05) is 20.3 Å². The standard InChI is InChI=1S/C26H22N4O6/c1-33-10-11-34-23-14-20-19(13-17(23)15-27)22(4-8-29-20)35-18-2-3-21-16(12-18)5-9-30(21)25(32)36-26(6-7-26)24(28)31/h2-5,8-9,12-14H,6-7,10-11H2,1H3,(H2,28,31). The monoisotopic (exact) mass is 486 g/mol. The van der Waals surface area contributed by atoms with Crippen molar-refractivity contribution in [3.8, 4) is 23.3 Å². The second-order valence-electron chi connectivity index (χ2n) is 8.36. The molecular formula is C26H22N4O6. The van der Waals surface area contributed by atoms with E-state index in [4.69, 9.17) is 24.7 Å². The fourth-order valence-corrected chi connectivity index (χ4v) is 3.88. The molecule has 0 aliphatic heterocycles. The lowest BCUT2D eigenvalue weighted by Gasteiger charge is -2.14. The number of hydrogen-bond acceptors (Lipinski definition) is 8. The molecule has 0 bridgehead atoms. The lowest BCUT2D eigenvalue weighted by molar-refractivity contribution is -0.128. The van der Waals surface area contributed by atoms with E-state index in [2.05, 4.69) is 11.1 Å². The van der Waals surface area contributed by atoms with E-state index in [1.54, 1.807) is 62.0 Å². The number of benzene rings is 2. The van der Waals surface area contributed by atoms with E-state index in [-0.39, 0.29) is 0 Å². The molecule has 0 atom stereocenters. The first-order valence-electron chi connectivity index (χ1n) is 11.2. The summed E-state index contributed by atoms with van der Waals surface area (Å²) >= 11 is 0. The third-order valence-electron chi connectivity index (χ3n) is 5.99. The van der Waals surface area contributed by atoms with Gasteiger partial charge in [0.05, 0.1) is 23.2 Å². The Morgan fingerprint density at radius 2 is 1.97 bits per heavy atom. The molecular weight excluding hydrogens is 464 g/mol. The molecule has 0 saturated heterocycles. The second kappa shape index (κ2) is 9.20. The number of nitrogens with zero attached hydrogens (tertiary/aromatic N) is 3. The van der Waals surface area contributed by atoms with Crippen LogP contribution in [0.4, 0.5) is 4.79 Å². The third kappa shape index (κ3) is 4.28. The van der Waals surface area contributed by atoms with Gasteiger partial charge in [-0.25, -0.2) is 4.79 Å². The summed E-state index contributed by atoms with van der Waals surface area (Å²) in [6.45, 7) is 0.705. The normalized spacial score (nSPS) is 13.8. The molecule has 1 aliphatic carbocycles. The highest BCUT2D eigenvalue weighted by atomic mass is 16.6. The molecule has 0 spiro atoms. The molecule has 2 aromatic heterocycles. The molecule has 1 aliphatic rings. The van der Waals surface area contributed by atoms with Crippen LogP contribution in [0.2, 0.25) is 0 Å². The first-order chi connectivity index (χ1) is 17.4. The third-order valence-corrected chi connectivity index (χ3v) is 5.99. The predicted octanol–water partition coefficient (Wildman–Crippen LogP) is 3.88. The average Bonchev–Trinajstić information content (AvgIpc) is 3.54. The first-order valence-corrected chi connectivity index (χ1v) is 11.2. The molecule has 10 heteroatoms. The highest BCUT2D eigenvalue weighted by Gasteiger charge is 2.53. The molecule has 1 amide bonds. The zero-order valence-corrected chi connectivity index (χ0v) is 19.4. The lowest BCUT2D eigenvalue weighted by Crippen LogP contribution is -2.36. The highest BCUT2D eigenvalue weighted by Crippen LogP contribution is 2.40. The average molecular weight is 486 g/mol. The van der Waals surface area contributed by atoms with Crippen molar-refractivity contribution in [3.63, 3.8) is 0 Å². The Labute approximate surface area is 205 Å². The van der Waals surface area contributed by atoms with E-state index in [1.807, 2.05) is 0 Å². The van der Waals surface area contributed by atoms with Crippen molar-refractivity contribution >= 4 is 33.8 Å². The number of amides is 1. The minimum atomic E-state index is -1.20. The molecule has 10 nitrogen and oxygen atoms in total. The lowest BCUT2D eigenvalue weighted by atomic mass is 10.1. The first kappa shape index (κ1) is 23.1. The van der Waals surface area contributed by atoms with Gasteiger partial charge in [0.15, 0.2) is 5.60 Å². The maximum atomic E-state index is 12.6. The van der Waals surface area contributed by atoms with E-state index in [0.717, 1.165) is 5.39 Å². The number of primary amides is 1. The molecule has 182 valence electrons. The van der Waals surface area contributed by atoms with Crippen LogP contribution in [-0.2, 0) is 14.3 Å². The molecule has 36 heavy (non-hydrogen) atoms. The number of aromatic nitrogens is 2. The number of pyridine rings is 1. The van der Waals surface area contributed by atoms with Crippen LogP contribution >= 0.6 is 0 Å². The minimum Gasteiger partial charge on any atom is -0.490 e. The summed E-state index contributed by atoms with van der Waals surface area (Å²) in [7, 11) is 1.57. The Kier molecular flexibility index (Phi) is 5.91. The van der Waals surface area contributed by atoms with Crippen LogP contribution in [-0.4, -0.2) is 47.5 Å². The summed E-state index contributed by atoms with van der Waals surface area (Å²) in [6, 6.07) is 14.2. The number of nitriles is 1. The molecule has 2 aromatic carbocycles. The number of ether oxygens (including phenoxy) is 4. The van der Waals surface area contributed by atoms with Crippen LogP contribution in [0.3, 0.4) is 0 Å². The summed E-state index contributed by atoms with van der Waals surface area (Å²) in [5.41, 5.74) is 5.72. The summed E-state index contributed by atoms with van der Waals surface area (Å²) in [5, 5.41) is 11.0. The highest BCUT2D eigenvalue weighted by molar-refractivity contribution is 5.94. The molecule has 2 heterocycles. The van der Waals surface area contributed by atoms with Crippen LogP contribution < -0.4 is 15.2 Å². The van der Waals surface area contributed by atoms with Gasteiger partial charge < -0.3 is 24.7 Å². The Hall–Kier alpha value is -4.62. The fourth-order valence-electron chi connectivity index (χ4n) is 3.88. The molecule has 1 fully saturated rings. The maximum Gasteiger partial charge on any atom is 0.419 e. The van der Waals surface area contributed by atoms with Crippen LogP contribution in [0.15, 0.2) is 54.9 Å². The number of rotatable bonds is 8.